The number of ether oxygens (including phenoxy) is 2. The van der Waals surface area contributed by atoms with Crippen molar-refractivity contribution in [1.29, 1.82) is 0 Å². The smallest absolute Gasteiger partial charge is 0.220 e. The Morgan fingerprint density at radius 1 is 0.851 bits per heavy atom. The van der Waals surface area contributed by atoms with Crippen LogP contribution in [0.1, 0.15) is 138 Å². The van der Waals surface area contributed by atoms with Crippen molar-refractivity contribution in [3.63, 3.8) is 0 Å². The van der Waals surface area contributed by atoms with Crippen molar-refractivity contribution in [3.8, 4) is 0 Å². The Labute approximate surface area is 285 Å². The molecular formula is C37H55N5O4S. The number of benzene rings is 2. The number of hydrogen-bond donors (Lipinski definition) is 2. The molecule has 1 saturated heterocycles. The first-order chi connectivity index (χ1) is 23.1. The van der Waals surface area contributed by atoms with E-state index in [1.165, 1.54) is 70.6 Å². The lowest BCUT2D eigenvalue weighted by Crippen LogP contribution is -2.31. The Morgan fingerprint density at radius 2 is 1.45 bits per heavy atom. The zero-order valence-electron chi connectivity index (χ0n) is 28.4. The zero-order chi connectivity index (χ0) is 33.1. The summed E-state index contributed by atoms with van der Waals surface area (Å²) in [6, 6.07) is 16.0. The molecule has 0 bridgehead atoms. The van der Waals surface area contributed by atoms with E-state index in [2.05, 4.69) is 27.8 Å². The summed E-state index contributed by atoms with van der Waals surface area (Å²) in [5.41, 5.74) is 3.89. The van der Waals surface area contributed by atoms with E-state index in [4.69, 9.17) is 9.47 Å². The highest BCUT2D eigenvalue weighted by Crippen LogP contribution is 2.39. The molecule has 3 atom stereocenters. The van der Waals surface area contributed by atoms with E-state index in [1.54, 1.807) is 16.4 Å². The van der Waals surface area contributed by atoms with Crippen LogP contribution >= 0.6 is 11.8 Å². The maximum absolute atomic E-state index is 12.5. The number of nitrogens with one attached hydrogen (secondary N) is 1. The summed E-state index contributed by atoms with van der Waals surface area (Å²) in [6.45, 7) is 2.79. The highest BCUT2D eigenvalue weighted by atomic mass is 32.2. The summed E-state index contributed by atoms with van der Waals surface area (Å²) in [6.07, 6.45) is 17.4. The molecule has 1 aliphatic heterocycles. The number of aliphatic hydroxyl groups excluding tert-OH is 1. The molecular weight excluding hydrogens is 611 g/mol. The molecule has 47 heavy (non-hydrogen) atoms. The number of hydrogen-bond acceptors (Lipinski definition) is 8. The second-order valence-electron chi connectivity index (χ2n) is 12.8. The fourth-order valence-electron chi connectivity index (χ4n) is 5.92. The molecule has 0 aliphatic carbocycles. The van der Waals surface area contributed by atoms with Gasteiger partial charge in [-0.25, -0.2) is 4.68 Å². The maximum Gasteiger partial charge on any atom is 0.220 e. The van der Waals surface area contributed by atoms with Crippen molar-refractivity contribution >= 4 is 17.7 Å². The average molecular weight is 666 g/mol. The summed E-state index contributed by atoms with van der Waals surface area (Å²) < 4.78 is 14.5. The van der Waals surface area contributed by atoms with Crippen molar-refractivity contribution in [1.82, 2.24) is 25.5 Å². The van der Waals surface area contributed by atoms with Gasteiger partial charge in [0.05, 0.1) is 18.8 Å². The van der Waals surface area contributed by atoms with E-state index in [1.807, 2.05) is 55.6 Å². The standard InChI is InChI=1S/C37H55N5O4S/c1-3-4-5-6-7-8-9-10-11-12-13-14-15-16-35(44)38-26-29-17-23-32(24-18-29)36-45-33(28-47-37-39-40-41-42(37)2)25-34(46-36)31-21-19-30(27-43)20-22-31/h17-24,33-34,36,43H,3-16,25-28H2,1-2H3,(H,38,44)/t33-,34+,36?/m0/s1. The number of carbonyl (C=O) groups excluding carboxylic acids is 1. The Balaban J connectivity index is 1.17. The van der Waals surface area contributed by atoms with Gasteiger partial charge >= 0.3 is 0 Å². The number of carbonyl (C=O) groups is 1. The van der Waals surface area contributed by atoms with Crippen molar-refractivity contribution in [2.45, 2.75) is 140 Å². The predicted molar refractivity (Wildman–Crippen MR) is 187 cm³/mol. The highest BCUT2D eigenvalue weighted by molar-refractivity contribution is 7.99. The highest BCUT2D eigenvalue weighted by Gasteiger charge is 2.32. The minimum atomic E-state index is -0.534. The number of aliphatic hydroxyl groups is 1. The third-order valence-corrected chi connectivity index (χ3v) is 9.99. The van der Waals surface area contributed by atoms with Crippen LogP contribution in [-0.2, 0) is 34.5 Å². The molecule has 1 aromatic heterocycles. The number of unbranched alkanes of at least 4 members (excludes halogenated alkanes) is 12. The molecule has 258 valence electrons. The number of amides is 1. The van der Waals surface area contributed by atoms with Gasteiger partial charge in [-0.3, -0.25) is 4.79 Å². The van der Waals surface area contributed by atoms with Crippen LogP contribution in [-0.4, -0.2) is 43.1 Å². The first kappa shape index (κ1) is 37.0. The lowest BCUT2D eigenvalue weighted by atomic mass is 10.0. The number of nitrogens with zero attached hydrogens (tertiary/aromatic N) is 4. The van der Waals surface area contributed by atoms with E-state index in [9.17, 15) is 9.90 Å². The Bertz CT molecular complexity index is 1290. The van der Waals surface area contributed by atoms with E-state index in [0.29, 0.717) is 25.1 Å². The van der Waals surface area contributed by atoms with Gasteiger partial charge < -0.3 is 19.9 Å². The van der Waals surface area contributed by atoms with Crippen LogP contribution < -0.4 is 5.32 Å². The number of tetrazole rings is 1. The van der Waals surface area contributed by atoms with Crippen LogP contribution in [0, 0.1) is 0 Å². The first-order valence-electron chi connectivity index (χ1n) is 17.8. The van der Waals surface area contributed by atoms with Crippen LogP contribution in [0.5, 0.6) is 0 Å². The van der Waals surface area contributed by atoms with E-state index in [-0.39, 0.29) is 24.7 Å². The van der Waals surface area contributed by atoms with E-state index < -0.39 is 6.29 Å². The molecule has 9 nitrogen and oxygen atoms in total. The van der Waals surface area contributed by atoms with Crippen molar-refractivity contribution in [2.24, 2.45) is 7.05 Å². The van der Waals surface area contributed by atoms with Crippen LogP contribution in [0.3, 0.4) is 0 Å². The largest absolute Gasteiger partial charge is 0.392 e. The van der Waals surface area contributed by atoms with Gasteiger partial charge in [0.1, 0.15) is 0 Å². The molecule has 2 N–H and O–H groups in total. The maximum atomic E-state index is 12.5. The lowest BCUT2D eigenvalue weighted by molar-refractivity contribution is -0.245. The van der Waals surface area contributed by atoms with Gasteiger partial charge in [-0.15, -0.1) is 5.10 Å². The second-order valence-corrected chi connectivity index (χ2v) is 13.7. The van der Waals surface area contributed by atoms with Crippen LogP contribution in [0.25, 0.3) is 0 Å². The minimum absolute atomic E-state index is 0.00871. The zero-order valence-corrected chi connectivity index (χ0v) is 29.3. The van der Waals surface area contributed by atoms with Crippen molar-refractivity contribution < 1.29 is 19.4 Å². The number of aromatic nitrogens is 4. The molecule has 0 radical (unpaired) electrons. The molecule has 1 fully saturated rings. The fraction of sp³-hybridized carbons (Fsp3) is 0.622. The lowest BCUT2D eigenvalue weighted by Gasteiger charge is -2.36. The molecule has 2 aromatic carbocycles. The quantitative estimate of drug-likeness (QED) is 0.0818. The molecule has 1 aliphatic rings. The third-order valence-electron chi connectivity index (χ3n) is 8.84. The predicted octanol–water partition coefficient (Wildman–Crippen LogP) is 8.14. The summed E-state index contributed by atoms with van der Waals surface area (Å²) in [7, 11) is 1.82. The van der Waals surface area contributed by atoms with Crippen molar-refractivity contribution in [3.05, 3.63) is 70.8 Å². The van der Waals surface area contributed by atoms with Crippen LogP contribution in [0.15, 0.2) is 53.7 Å². The molecule has 0 saturated carbocycles. The van der Waals surface area contributed by atoms with Gasteiger partial charge in [-0.2, -0.15) is 0 Å². The van der Waals surface area contributed by atoms with Gasteiger partial charge in [-0.05, 0) is 33.5 Å². The van der Waals surface area contributed by atoms with Crippen molar-refractivity contribution in [2.75, 3.05) is 5.75 Å². The Morgan fingerprint density at radius 3 is 2.04 bits per heavy atom. The summed E-state index contributed by atoms with van der Waals surface area (Å²) in [5, 5.41) is 25.0. The summed E-state index contributed by atoms with van der Waals surface area (Å²) >= 11 is 1.56. The molecule has 2 heterocycles. The number of rotatable bonds is 22. The minimum Gasteiger partial charge on any atom is -0.392 e. The number of thioether (sulfide) groups is 1. The molecule has 10 heteroatoms. The number of aryl methyl sites for hydroxylation is 1. The van der Waals surface area contributed by atoms with E-state index >= 15 is 0 Å². The van der Waals surface area contributed by atoms with Crippen LogP contribution in [0.4, 0.5) is 0 Å². The second kappa shape index (κ2) is 21.2. The summed E-state index contributed by atoms with van der Waals surface area (Å²) in [4.78, 5) is 12.5. The van der Waals surface area contributed by atoms with Gasteiger partial charge in [-0.1, -0.05) is 144 Å². The van der Waals surface area contributed by atoms with Gasteiger partial charge in [0.2, 0.25) is 11.1 Å². The fourth-order valence-corrected chi connectivity index (χ4v) is 6.79. The Hall–Kier alpha value is -2.79. The van der Waals surface area contributed by atoms with Gasteiger partial charge in [0.25, 0.3) is 0 Å². The Kier molecular flexibility index (Phi) is 16.7. The van der Waals surface area contributed by atoms with E-state index in [0.717, 1.165) is 40.3 Å². The molecule has 1 unspecified atom stereocenters. The topological polar surface area (TPSA) is 111 Å². The molecule has 4 rings (SSSR count). The first-order valence-corrected chi connectivity index (χ1v) is 18.8. The van der Waals surface area contributed by atoms with Crippen LogP contribution in [0.2, 0.25) is 0 Å². The molecule has 3 aromatic rings. The average Bonchev–Trinajstić information content (AvgIpc) is 3.52. The monoisotopic (exact) mass is 665 g/mol. The van der Waals surface area contributed by atoms with Gasteiger partial charge in [0, 0.05) is 37.8 Å². The molecule has 1 amide bonds. The summed E-state index contributed by atoms with van der Waals surface area (Å²) in [5.74, 6) is 0.799. The van der Waals surface area contributed by atoms with Gasteiger partial charge in [0.15, 0.2) is 6.29 Å². The normalized spacial score (nSPS) is 18.0. The third kappa shape index (κ3) is 13.3. The SMILES string of the molecule is CCCCCCCCCCCCCCCC(=O)NCc1ccc(C2O[C@H](CSc3nnnn3C)C[C@H](c3ccc(CO)cc3)O2)cc1. The molecule has 0 spiro atoms.